The maximum absolute atomic E-state index is 12.6. The number of aromatic nitrogens is 2. The Hall–Kier alpha value is -3.82. The Morgan fingerprint density at radius 1 is 1.07 bits per heavy atom. The molecular weight excluding hydrogens is 400 g/mol. The van der Waals surface area contributed by atoms with E-state index in [2.05, 4.69) is 15.2 Å². The van der Waals surface area contributed by atoms with E-state index in [-0.39, 0.29) is 33.5 Å². The predicted octanol–water partition coefficient (Wildman–Crippen LogP) is 2.72. The normalized spacial score (nSPS) is 11.9. The van der Waals surface area contributed by atoms with E-state index in [1.54, 1.807) is 24.3 Å². The van der Waals surface area contributed by atoms with Crippen molar-refractivity contribution >= 4 is 28.3 Å². The molecule has 0 radical (unpaired) electrons. The summed E-state index contributed by atoms with van der Waals surface area (Å²) in [6.07, 6.45) is -1.28. The zero-order chi connectivity index (χ0) is 21.8. The van der Waals surface area contributed by atoms with Crippen LogP contribution < -0.4 is 15.6 Å². The van der Waals surface area contributed by atoms with E-state index in [0.29, 0.717) is 0 Å². The minimum atomic E-state index is -3.07. The van der Waals surface area contributed by atoms with E-state index < -0.39 is 24.6 Å². The summed E-state index contributed by atoms with van der Waals surface area (Å²) in [7, 11) is 1.39. The number of alkyl halides is 2. The third-order valence-corrected chi connectivity index (χ3v) is 4.16. The Balaban J connectivity index is 1.79. The summed E-state index contributed by atoms with van der Waals surface area (Å²) in [6.45, 7) is -1.75. The molecule has 0 aliphatic heterocycles. The number of benzene rings is 2. The summed E-state index contributed by atoms with van der Waals surface area (Å²) >= 11 is 0. The van der Waals surface area contributed by atoms with Crippen LogP contribution in [-0.4, -0.2) is 34.4 Å². The molecule has 0 saturated heterocycles. The lowest BCUT2D eigenvalue weighted by Crippen LogP contribution is -2.31. The van der Waals surface area contributed by atoms with Gasteiger partial charge in [-0.2, -0.15) is 13.9 Å². The highest BCUT2D eigenvalue weighted by molar-refractivity contribution is 6.03. The van der Waals surface area contributed by atoms with Crippen molar-refractivity contribution in [2.75, 3.05) is 5.32 Å². The molecule has 8 nitrogen and oxygen atoms in total. The zero-order valence-electron chi connectivity index (χ0n) is 16.0. The number of hydrogen-bond donors (Lipinski definition) is 1. The van der Waals surface area contributed by atoms with Gasteiger partial charge in [0.1, 0.15) is 5.75 Å². The van der Waals surface area contributed by atoms with Crippen LogP contribution >= 0.6 is 0 Å². The molecule has 3 rings (SSSR count). The first-order valence-corrected chi connectivity index (χ1v) is 8.79. The third-order valence-electron chi connectivity index (χ3n) is 4.16. The van der Waals surface area contributed by atoms with Crippen LogP contribution in [0.5, 0.6) is 5.75 Å². The molecule has 0 saturated carbocycles. The van der Waals surface area contributed by atoms with Gasteiger partial charge in [0.15, 0.2) is 11.8 Å². The molecule has 0 aliphatic rings. The molecule has 1 unspecified atom stereocenters. The van der Waals surface area contributed by atoms with Crippen molar-refractivity contribution in [2.45, 2.75) is 19.6 Å². The Morgan fingerprint density at radius 2 is 1.70 bits per heavy atom. The van der Waals surface area contributed by atoms with Gasteiger partial charge in [-0.15, -0.1) is 0 Å². The minimum absolute atomic E-state index is 0.00335. The lowest BCUT2D eigenvalue weighted by atomic mass is 10.1. The smallest absolute Gasteiger partial charge is 0.387 e. The predicted molar refractivity (Wildman–Crippen MR) is 104 cm³/mol. The molecule has 1 aromatic heterocycles. The summed E-state index contributed by atoms with van der Waals surface area (Å²) in [6, 6.07) is 12.0. The highest BCUT2D eigenvalue weighted by Crippen LogP contribution is 2.25. The SMILES string of the molecule is CC(OC(=O)c1nn(C)c(=O)c2ccccc12)C(=O)Nc1ccccc1OC(F)F. The second-order valence-corrected chi connectivity index (χ2v) is 6.23. The monoisotopic (exact) mass is 417 g/mol. The van der Waals surface area contributed by atoms with Crippen molar-refractivity contribution in [1.29, 1.82) is 0 Å². The highest BCUT2D eigenvalue weighted by Gasteiger charge is 2.24. The van der Waals surface area contributed by atoms with Crippen molar-refractivity contribution in [3.8, 4) is 5.75 Å². The lowest BCUT2D eigenvalue weighted by molar-refractivity contribution is -0.123. The zero-order valence-corrected chi connectivity index (χ0v) is 16.0. The topological polar surface area (TPSA) is 99.5 Å². The number of nitrogens with zero attached hydrogens (tertiary/aromatic N) is 2. The summed E-state index contributed by atoms with van der Waals surface area (Å²) < 4.78 is 35.5. The van der Waals surface area contributed by atoms with Crippen molar-refractivity contribution < 1.29 is 27.8 Å². The van der Waals surface area contributed by atoms with E-state index in [0.717, 1.165) is 4.68 Å². The molecule has 0 aliphatic carbocycles. The number of fused-ring (bicyclic) bond motifs is 1. The first-order chi connectivity index (χ1) is 14.3. The second-order valence-electron chi connectivity index (χ2n) is 6.23. The first-order valence-electron chi connectivity index (χ1n) is 8.79. The maximum Gasteiger partial charge on any atom is 0.387 e. The van der Waals surface area contributed by atoms with Crippen LogP contribution in [0.1, 0.15) is 17.4 Å². The van der Waals surface area contributed by atoms with Crippen LogP contribution in [0.25, 0.3) is 10.8 Å². The number of carbonyl (C=O) groups is 2. The maximum atomic E-state index is 12.6. The third kappa shape index (κ3) is 4.43. The number of nitrogens with one attached hydrogen (secondary N) is 1. The van der Waals surface area contributed by atoms with Gasteiger partial charge in [0.05, 0.1) is 11.1 Å². The average Bonchev–Trinajstić information content (AvgIpc) is 2.71. The fourth-order valence-corrected chi connectivity index (χ4v) is 2.72. The number of anilines is 1. The number of esters is 1. The van der Waals surface area contributed by atoms with E-state index >= 15 is 0 Å². The van der Waals surface area contributed by atoms with Crippen molar-refractivity contribution in [1.82, 2.24) is 9.78 Å². The van der Waals surface area contributed by atoms with Gasteiger partial charge in [0.25, 0.3) is 11.5 Å². The molecule has 1 heterocycles. The van der Waals surface area contributed by atoms with Crippen molar-refractivity contribution in [3.05, 3.63) is 64.6 Å². The Labute approximate surface area is 169 Å². The quantitative estimate of drug-likeness (QED) is 0.619. The number of hydrogen-bond acceptors (Lipinski definition) is 6. The molecule has 0 bridgehead atoms. The number of halogens is 2. The van der Waals surface area contributed by atoms with Gasteiger partial charge in [0.2, 0.25) is 0 Å². The van der Waals surface area contributed by atoms with Gasteiger partial charge in [-0.1, -0.05) is 30.3 Å². The lowest BCUT2D eigenvalue weighted by Gasteiger charge is -2.16. The van der Waals surface area contributed by atoms with E-state index in [1.165, 1.54) is 38.2 Å². The van der Waals surface area contributed by atoms with Crippen molar-refractivity contribution in [3.63, 3.8) is 0 Å². The van der Waals surface area contributed by atoms with E-state index in [4.69, 9.17) is 4.74 Å². The molecule has 1 atom stereocenters. The minimum Gasteiger partial charge on any atom is -0.448 e. The fourth-order valence-electron chi connectivity index (χ4n) is 2.72. The van der Waals surface area contributed by atoms with Crippen LogP contribution in [0.3, 0.4) is 0 Å². The Kier molecular flexibility index (Phi) is 6.05. The van der Waals surface area contributed by atoms with Crippen LogP contribution in [-0.2, 0) is 16.6 Å². The summed E-state index contributed by atoms with van der Waals surface area (Å²) in [4.78, 5) is 37.2. The largest absolute Gasteiger partial charge is 0.448 e. The van der Waals surface area contributed by atoms with Gasteiger partial charge in [-0.25, -0.2) is 9.48 Å². The number of aryl methyl sites for hydroxylation is 1. The van der Waals surface area contributed by atoms with Crippen LogP contribution in [0.2, 0.25) is 0 Å². The van der Waals surface area contributed by atoms with Gasteiger partial charge in [-0.05, 0) is 25.1 Å². The first kappa shape index (κ1) is 20.9. The molecule has 10 heteroatoms. The van der Waals surface area contributed by atoms with Gasteiger partial charge >= 0.3 is 12.6 Å². The van der Waals surface area contributed by atoms with E-state index in [1.807, 2.05) is 0 Å². The molecule has 1 N–H and O–H groups in total. The number of rotatable bonds is 6. The van der Waals surface area contributed by atoms with Gasteiger partial charge < -0.3 is 14.8 Å². The Morgan fingerprint density at radius 3 is 2.40 bits per heavy atom. The molecule has 2 aromatic carbocycles. The molecular formula is C20H17F2N3O5. The highest BCUT2D eigenvalue weighted by atomic mass is 19.3. The second kappa shape index (κ2) is 8.68. The van der Waals surface area contributed by atoms with Gasteiger partial charge in [-0.3, -0.25) is 9.59 Å². The van der Waals surface area contributed by atoms with Crippen molar-refractivity contribution in [2.24, 2.45) is 7.05 Å². The number of ether oxygens (including phenoxy) is 2. The fraction of sp³-hybridized carbons (Fsp3) is 0.200. The molecule has 30 heavy (non-hydrogen) atoms. The van der Waals surface area contributed by atoms with Crippen LogP contribution in [0, 0.1) is 0 Å². The van der Waals surface area contributed by atoms with Crippen LogP contribution in [0.4, 0.5) is 14.5 Å². The van der Waals surface area contributed by atoms with Crippen LogP contribution in [0.15, 0.2) is 53.3 Å². The van der Waals surface area contributed by atoms with E-state index in [9.17, 15) is 23.2 Å². The average molecular weight is 417 g/mol. The molecule has 0 fully saturated rings. The summed E-state index contributed by atoms with van der Waals surface area (Å²) in [5.74, 6) is -1.91. The molecule has 0 spiro atoms. The molecule has 156 valence electrons. The molecule has 3 aromatic rings. The number of carbonyl (C=O) groups excluding carboxylic acids is 2. The summed E-state index contributed by atoms with van der Waals surface area (Å²) in [5.41, 5.74) is -0.520. The summed E-state index contributed by atoms with van der Waals surface area (Å²) in [5, 5.41) is 6.88. The Bertz CT molecular complexity index is 1160. The number of amides is 1. The molecule has 1 amide bonds. The van der Waals surface area contributed by atoms with Gasteiger partial charge in [0, 0.05) is 12.4 Å². The number of para-hydroxylation sites is 2. The standard InChI is InChI=1S/C20H17F2N3O5/c1-11(17(26)23-14-9-5-6-10-15(14)30-20(21)22)29-19(28)16-12-7-3-4-8-13(12)18(27)25(2)24-16/h3-11,20H,1-2H3,(H,23,26).